The maximum absolute atomic E-state index is 12.7. The molecule has 2 atom stereocenters. The van der Waals surface area contributed by atoms with Crippen LogP contribution in [-0.2, 0) is 9.59 Å². The summed E-state index contributed by atoms with van der Waals surface area (Å²) in [5.41, 5.74) is 0. The predicted octanol–water partition coefficient (Wildman–Crippen LogP) is 0.988. The summed E-state index contributed by atoms with van der Waals surface area (Å²) in [5.74, 6) is 0.302. The minimum atomic E-state index is -0.215. The average Bonchev–Trinajstić information content (AvgIpc) is 2.47. The minimum Gasteiger partial charge on any atom is -0.338 e. The number of piperazine rings is 1. The van der Waals surface area contributed by atoms with Crippen LogP contribution in [0.2, 0.25) is 0 Å². The second-order valence-corrected chi connectivity index (χ2v) is 5.99. The van der Waals surface area contributed by atoms with Gasteiger partial charge in [-0.05, 0) is 32.6 Å². The van der Waals surface area contributed by atoms with E-state index in [4.69, 9.17) is 0 Å². The van der Waals surface area contributed by atoms with E-state index in [0.29, 0.717) is 12.5 Å². The molecule has 2 heterocycles. The zero-order chi connectivity index (χ0) is 14.5. The molecule has 114 valence electrons. The van der Waals surface area contributed by atoms with Gasteiger partial charge in [0.25, 0.3) is 0 Å². The van der Waals surface area contributed by atoms with Crippen LogP contribution in [0.25, 0.3) is 0 Å². The molecule has 0 saturated carbocycles. The molecule has 2 unspecified atom stereocenters. The third kappa shape index (κ3) is 3.51. The molecule has 2 aliphatic heterocycles. The van der Waals surface area contributed by atoms with Crippen molar-refractivity contribution in [2.24, 2.45) is 0 Å². The second kappa shape index (κ2) is 7.07. The van der Waals surface area contributed by atoms with Crippen LogP contribution < -0.4 is 5.32 Å². The molecule has 0 aromatic rings. The monoisotopic (exact) mass is 281 g/mol. The summed E-state index contributed by atoms with van der Waals surface area (Å²) in [4.78, 5) is 28.7. The molecule has 0 aromatic heterocycles. The van der Waals surface area contributed by atoms with Gasteiger partial charge in [-0.15, -0.1) is 0 Å². The Morgan fingerprint density at radius 2 is 2.05 bits per heavy atom. The first-order chi connectivity index (χ1) is 9.63. The number of carbonyl (C=O) groups excluding carboxylic acids is 2. The number of amides is 2. The fourth-order valence-corrected chi connectivity index (χ4v) is 3.19. The first-order valence-electron chi connectivity index (χ1n) is 7.95. The van der Waals surface area contributed by atoms with Gasteiger partial charge in [-0.2, -0.15) is 0 Å². The van der Waals surface area contributed by atoms with Gasteiger partial charge in [0.2, 0.25) is 11.8 Å². The Morgan fingerprint density at radius 3 is 2.75 bits per heavy atom. The fraction of sp³-hybridized carbons (Fsp3) is 0.867. The van der Waals surface area contributed by atoms with E-state index >= 15 is 0 Å². The topological polar surface area (TPSA) is 52.7 Å². The van der Waals surface area contributed by atoms with Gasteiger partial charge in [-0.1, -0.05) is 6.92 Å². The largest absolute Gasteiger partial charge is 0.338 e. The lowest BCUT2D eigenvalue weighted by Crippen LogP contribution is -2.58. The van der Waals surface area contributed by atoms with Crippen LogP contribution in [0.5, 0.6) is 0 Å². The van der Waals surface area contributed by atoms with Gasteiger partial charge in [0.1, 0.15) is 6.04 Å². The van der Waals surface area contributed by atoms with E-state index in [2.05, 4.69) is 12.2 Å². The molecule has 0 aromatic carbocycles. The van der Waals surface area contributed by atoms with Gasteiger partial charge in [0.15, 0.2) is 0 Å². The smallest absolute Gasteiger partial charge is 0.245 e. The summed E-state index contributed by atoms with van der Waals surface area (Å²) >= 11 is 0. The molecule has 2 amide bonds. The Bertz CT molecular complexity index is 359. The van der Waals surface area contributed by atoms with Crippen LogP contribution in [0.1, 0.15) is 46.0 Å². The predicted molar refractivity (Wildman–Crippen MR) is 78.3 cm³/mol. The molecule has 2 fully saturated rings. The Balaban J connectivity index is 2.03. The average molecular weight is 281 g/mol. The van der Waals surface area contributed by atoms with Gasteiger partial charge in [-0.3, -0.25) is 9.59 Å². The third-order valence-electron chi connectivity index (χ3n) is 4.25. The van der Waals surface area contributed by atoms with Crippen molar-refractivity contribution in [3.8, 4) is 0 Å². The molecule has 0 spiro atoms. The highest BCUT2D eigenvalue weighted by atomic mass is 16.2. The molecule has 5 nitrogen and oxygen atoms in total. The van der Waals surface area contributed by atoms with Gasteiger partial charge in [0, 0.05) is 38.6 Å². The number of nitrogens with zero attached hydrogens (tertiary/aromatic N) is 2. The van der Waals surface area contributed by atoms with Crippen LogP contribution in [0, 0.1) is 0 Å². The van der Waals surface area contributed by atoms with Crippen molar-refractivity contribution >= 4 is 11.8 Å². The van der Waals surface area contributed by atoms with E-state index < -0.39 is 0 Å². The number of carbonyl (C=O) groups is 2. The Hall–Kier alpha value is -1.10. The van der Waals surface area contributed by atoms with Crippen LogP contribution in [0.4, 0.5) is 0 Å². The molecular formula is C15H27N3O2. The van der Waals surface area contributed by atoms with E-state index in [0.717, 1.165) is 51.9 Å². The Kier molecular flexibility index (Phi) is 5.40. The van der Waals surface area contributed by atoms with E-state index in [1.54, 1.807) is 0 Å². The highest BCUT2D eigenvalue weighted by Gasteiger charge is 2.35. The van der Waals surface area contributed by atoms with Crippen molar-refractivity contribution in [1.29, 1.82) is 0 Å². The third-order valence-corrected chi connectivity index (χ3v) is 4.25. The van der Waals surface area contributed by atoms with E-state index in [-0.39, 0.29) is 17.9 Å². The number of likely N-dealkylation sites (tertiary alicyclic amines) is 1. The molecule has 2 aliphatic rings. The van der Waals surface area contributed by atoms with Gasteiger partial charge < -0.3 is 15.1 Å². The van der Waals surface area contributed by atoms with Crippen LogP contribution >= 0.6 is 0 Å². The first kappa shape index (κ1) is 15.3. The Labute approximate surface area is 121 Å². The molecular weight excluding hydrogens is 254 g/mol. The summed E-state index contributed by atoms with van der Waals surface area (Å²) < 4.78 is 0. The molecule has 0 bridgehead atoms. The maximum atomic E-state index is 12.7. The highest BCUT2D eigenvalue weighted by Crippen LogP contribution is 2.21. The fourth-order valence-electron chi connectivity index (χ4n) is 3.19. The zero-order valence-electron chi connectivity index (χ0n) is 12.7. The summed E-state index contributed by atoms with van der Waals surface area (Å²) in [6.45, 7) is 7.22. The number of hydrogen-bond acceptors (Lipinski definition) is 3. The van der Waals surface area contributed by atoms with Crippen molar-refractivity contribution in [3.05, 3.63) is 0 Å². The van der Waals surface area contributed by atoms with Crippen LogP contribution in [0.15, 0.2) is 0 Å². The van der Waals surface area contributed by atoms with Gasteiger partial charge >= 0.3 is 0 Å². The van der Waals surface area contributed by atoms with Crippen molar-refractivity contribution in [2.75, 3.05) is 26.2 Å². The normalized spacial score (nSPS) is 27.5. The lowest BCUT2D eigenvalue weighted by atomic mass is 9.99. The SMILES string of the molecule is CCCC(=O)N1CCCCC1C(=O)N1CCNC(C)C1. The Morgan fingerprint density at radius 1 is 1.25 bits per heavy atom. The quantitative estimate of drug-likeness (QED) is 0.839. The summed E-state index contributed by atoms with van der Waals surface area (Å²) in [6.07, 6.45) is 4.31. The van der Waals surface area contributed by atoms with Crippen molar-refractivity contribution in [2.45, 2.75) is 58.0 Å². The standard InChI is InChI=1S/C15H27N3O2/c1-3-6-14(19)18-9-5-4-7-13(18)15(20)17-10-8-16-12(2)11-17/h12-13,16H,3-11H2,1-2H3. The number of hydrogen-bond donors (Lipinski definition) is 1. The maximum Gasteiger partial charge on any atom is 0.245 e. The molecule has 0 aliphatic carbocycles. The molecule has 5 heteroatoms. The lowest BCUT2D eigenvalue weighted by Gasteiger charge is -2.40. The summed E-state index contributed by atoms with van der Waals surface area (Å²) in [6, 6.07) is 0.129. The van der Waals surface area contributed by atoms with Gasteiger partial charge in [-0.25, -0.2) is 0 Å². The van der Waals surface area contributed by atoms with Crippen LogP contribution in [-0.4, -0.2) is 59.9 Å². The van der Waals surface area contributed by atoms with Crippen LogP contribution in [0.3, 0.4) is 0 Å². The highest BCUT2D eigenvalue weighted by molar-refractivity contribution is 5.88. The molecule has 0 radical (unpaired) electrons. The first-order valence-corrected chi connectivity index (χ1v) is 7.95. The van der Waals surface area contributed by atoms with E-state index in [1.807, 2.05) is 16.7 Å². The van der Waals surface area contributed by atoms with E-state index in [9.17, 15) is 9.59 Å². The lowest BCUT2D eigenvalue weighted by molar-refractivity contribution is -0.148. The second-order valence-electron chi connectivity index (χ2n) is 5.99. The molecule has 2 rings (SSSR count). The summed E-state index contributed by atoms with van der Waals surface area (Å²) in [5, 5.41) is 3.35. The molecule has 20 heavy (non-hydrogen) atoms. The number of nitrogens with one attached hydrogen (secondary N) is 1. The van der Waals surface area contributed by atoms with Crippen molar-refractivity contribution < 1.29 is 9.59 Å². The number of rotatable bonds is 3. The van der Waals surface area contributed by atoms with Crippen molar-refractivity contribution in [1.82, 2.24) is 15.1 Å². The van der Waals surface area contributed by atoms with Gasteiger partial charge in [0.05, 0.1) is 0 Å². The van der Waals surface area contributed by atoms with Crippen molar-refractivity contribution in [3.63, 3.8) is 0 Å². The van der Waals surface area contributed by atoms with E-state index in [1.165, 1.54) is 0 Å². The number of piperidine rings is 1. The zero-order valence-corrected chi connectivity index (χ0v) is 12.7. The summed E-state index contributed by atoms with van der Waals surface area (Å²) in [7, 11) is 0. The minimum absolute atomic E-state index is 0.147. The molecule has 2 saturated heterocycles. The molecule has 1 N–H and O–H groups in total.